The molecule has 0 unspecified atom stereocenters. The highest BCUT2D eigenvalue weighted by molar-refractivity contribution is 6.06. The van der Waals surface area contributed by atoms with Crippen molar-refractivity contribution in [1.29, 1.82) is 0 Å². The van der Waals surface area contributed by atoms with Gasteiger partial charge >= 0.3 is 6.18 Å². The highest BCUT2D eigenvalue weighted by atomic mass is 19.4. The van der Waals surface area contributed by atoms with E-state index in [0.717, 1.165) is 24.3 Å². The molecule has 0 atom stereocenters. The van der Waals surface area contributed by atoms with Crippen molar-refractivity contribution in [2.75, 3.05) is 5.32 Å². The Balaban J connectivity index is 1.84. The lowest BCUT2D eigenvalue weighted by Crippen LogP contribution is -2.19. The molecule has 1 amide bonds. The highest BCUT2D eigenvalue weighted by Crippen LogP contribution is 2.36. The normalized spacial score (nSPS) is 11.9. The fraction of sp³-hybridized carbons (Fsp3) is 0.107. The first-order chi connectivity index (χ1) is 18.1. The number of amides is 1. The van der Waals surface area contributed by atoms with Crippen LogP contribution in [0.1, 0.15) is 33.0 Å². The molecule has 2 heterocycles. The zero-order valence-corrected chi connectivity index (χ0v) is 20.1. The Bertz CT molecular complexity index is 1510. The van der Waals surface area contributed by atoms with Crippen LogP contribution < -0.4 is 5.32 Å². The summed E-state index contributed by atoms with van der Waals surface area (Å²) in [5, 5.41) is 12.3. The third-order valence-corrected chi connectivity index (χ3v) is 5.76. The number of rotatable bonds is 7. The molecule has 10 heteroatoms. The third-order valence-electron chi connectivity index (χ3n) is 5.76. The minimum atomic E-state index is -4.81. The second-order valence-corrected chi connectivity index (χ2v) is 8.22. The van der Waals surface area contributed by atoms with Crippen molar-refractivity contribution >= 4 is 17.2 Å². The number of aliphatic hydroxyl groups excluding tert-OH is 1. The zero-order valence-electron chi connectivity index (χ0n) is 20.1. The van der Waals surface area contributed by atoms with E-state index in [9.17, 15) is 27.5 Å². The third kappa shape index (κ3) is 5.40. The number of nitrogens with zero attached hydrogens (tertiary/aromatic N) is 3. The van der Waals surface area contributed by atoms with Crippen LogP contribution >= 0.6 is 0 Å². The van der Waals surface area contributed by atoms with Crippen molar-refractivity contribution in [3.05, 3.63) is 120 Å². The van der Waals surface area contributed by atoms with E-state index in [2.05, 4.69) is 21.9 Å². The Kier molecular flexibility index (Phi) is 7.54. The van der Waals surface area contributed by atoms with Crippen molar-refractivity contribution in [3.8, 4) is 11.3 Å². The van der Waals surface area contributed by atoms with Gasteiger partial charge in [-0.3, -0.25) is 9.78 Å². The summed E-state index contributed by atoms with van der Waals surface area (Å²) < 4.78 is 56.5. The van der Waals surface area contributed by atoms with Gasteiger partial charge in [0.1, 0.15) is 11.6 Å². The summed E-state index contributed by atoms with van der Waals surface area (Å²) in [6.07, 6.45) is 1.40. The number of anilines is 1. The summed E-state index contributed by atoms with van der Waals surface area (Å²) in [6, 6.07) is 11.4. The lowest BCUT2D eigenvalue weighted by Gasteiger charge is -2.16. The van der Waals surface area contributed by atoms with Crippen molar-refractivity contribution in [2.45, 2.75) is 12.8 Å². The van der Waals surface area contributed by atoms with Crippen molar-refractivity contribution in [2.24, 2.45) is 7.05 Å². The van der Waals surface area contributed by atoms with Gasteiger partial charge in [-0.05, 0) is 54.1 Å². The number of halogens is 4. The zero-order chi connectivity index (χ0) is 27.4. The average Bonchev–Trinajstić information content (AvgIpc) is 3.24. The maximum absolute atomic E-state index is 13.8. The van der Waals surface area contributed by atoms with Gasteiger partial charge in [-0.25, -0.2) is 9.37 Å². The Labute approximate surface area is 215 Å². The fourth-order valence-corrected chi connectivity index (χ4v) is 4.07. The van der Waals surface area contributed by atoms with Crippen LogP contribution in [-0.4, -0.2) is 25.5 Å². The number of aliphatic hydroxyl groups is 1. The van der Waals surface area contributed by atoms with Crippen LogP contribution in [0.15, 0.2) is 85.7 Å². The maximum Gasteiger partial charge on any atom is 0.417 e. The molecule has 0 saturated heterocycles. The minimum absolute atomic E-state index is 0.134. The summed E-state index contributed by atoms with van der Waals surface area (Å²) in [4.78, 5) is 21.6. The van der Waals surface area contributed by atoms with E-state index in [4.69, 9.17) is 0 Å². The number of alkyl halides is 3. The lowest BCUT2D eigenvalue weighted by atomic mass is 9.97. The Morgan fingerprint density at radius 3 is 2.50 bits per heavy atom. The molecule has 2 aromatic heterocycles. The van der Waals surface area contributed by atoms with Gasteiger partial charge < -0.3 is 15.0 Å². The topological polar surface area (TPSA) is 80.0 Å². The van der Waals surface area contributed by atoms with Crippen molar-refractivity contribution < 1.29 is 27.5 Å². The van der Waals surface area contributed by atoms with Gasteiger partial charge in [-0.1, -0.05) is 24.8 Å². The smallest absolute Gasteiger partial charge is 0.390 e. The van der Waals surface area contributed by atoms with Gasteiger partial charge in [0, 0.05) is 36.3 Å². The largest absolute Gasteiger partial charge is 0.417 e. The maximum atomic E-state index is 13.8. The molecule has 0 aliphatic rings. The molecule has 0 spiro atoms. The molecule has 4 aromatic rings. The monoisotopic (exact) mass is 522 g/mol. The molecule has 194 valence electrons. The molecule has 38 heavy (non-hydrogen) atoms. The van der Waals surface area contributed by atoms with Crippen LogP contribution in [0.4, 0.5) is 23.2 Å². The lowest BCUT2D eigenvalue weighted by molar-refractivity contribution is -0.137. The molecule has 0 aliphatic carbocycles. The first-order valence-corrected chi connectivity index (χ1v) is 11.3. The van der Waals surface area contributed by atoms with Gasteiger partial charge in [0.2, 0.25) is 0 Å². The summed E-state index contributed by atoms with van der Waals surface area (Å²) in [5.74, 6) is -1.24. The minimum Gasteiger partial charge on any atom is -0.390 e. The Morgan fingerprint density at radius 2 is 1.89 bits per heavy atom. The molecule has 2 N–H and O–H groups in total. The summed E-state index contributed by atoms with van der Waals surface area (Å²) in [7, 11) is 1.70. The van der Waals surface area contributed by atoms with E-state index in [-0.39, 0.29) is 11.3 Å². The fourth-order valence-electron chi connectivity index (χ4n) is 4.07. The summed E-state index contributed by atoms with van der Waals surface area (Å²) in [6.45, 7) is 3.31. The number of allylic oxidation sites excluding steroid dienone is 2. The van der Waals surface area contributed by atoms with E-state index in [1.54, 1.807) is 42.2 Å². The molecule has 0 saturated carbocycles. The van der Waals surface area contributed by atoms with E-state index in [0.29, 0.717) is 28.3 Å². The molecule has 0 radical (unpaired) electrons. The predicted molar refractivity (Wildman–Crippen MR) is 135 cm³/mol. The molecule has 0 bridgehead atoms. The van der Waals surface area contributed by atoms with Crippen molar-refractivity contribution in [1.82, 2.24) is 14.5 Å². The second kappa shape index (κ2) is 10.8. The average molecular weight is 523 g/mol. The van der Waals surface area contributed by atoms with Crippen LogP contribution in [0.5, 0.6) is 0 Å². The highest BCUT2D eigenvalue weighted by Gasteiger charge is 2.36. The van der Waals surface area contributed by atoms with E-state index in [1.165, 1.54) is 24.3 Å². The van der Waals surface area contributed by atoms with Gasteiger partial charge in [-0.15, -0.1) is 0 Å². The number of carbonyl (C=O) groups excluding carboxylic acids is 1. The number of pyridine rings is 1. The van der Waals surface area contributed by atoms with E-state index in [1.807, 2.05) is 0 Å². The molecule has 0 aliphatic heterocycles. The van der Waals surface area contributed by atoms with Crippen LogP contribution in [0.3, 0.4) is 0 Å². The summed E-state index contributed by atoms with van der Waals surface area (Å²) in [5.41, 5.74) is 0.606. The van der Waals surface area contributed by atoms with Crippen molar-refractivity contribution in [3.63, 3.8) is 0 Å². The first kappa shape index (κ1) is 26.5. The molecule has 2 aromatic carbocycles. The van der Waals surface area contributed by atoms with E-state index < -0.39 is 35.6 Å². The van der Waals surface area contributed by atoms with Crippen LogP contribution in [0, 0.1) is 5.82 Å². The Morgan fingerprint density at radius 1 is 1.16 bits per heavy atom. The van der Waals surface area contributed by atoms with Gasteiger partial charge in [0.15, 0.2) is 0 Å². The number of hydrogen-bond donors (Lipinski definition) is 2. The standard InChI is InChI=1S/C28H22F4N4O2/c1-3-5-21(26-35-24(16-37)25(36(26)2)18-6-4-13-33-15-18)17-7-12-23(28(30,31)32)22(14-17)27(38)34-20-10-8-19(29)9-11-20/h3-15,37H,1,16H2,2H3,(H,34,38)/b21-5-. The van der Waals surface area contributed by atoms with Gasteiger partial charge in [0.25, 0.3) is 5.91 Å². The number of imidazole rings is 1. The van der Waals surface area contributed by atoms with Crippen LogP contribution in [0.25, 0.3) is 16.8 Å². The van der Waals surface area contributed by atoms with E-state index >= 15 is 0 Å². The quantitative estimate of drug-likeness (QED) is 0.230. The number of benzene rings is 2. The molecule has 4 rings (SSSR count). The summed E-state index contributed by atoms with van der Waals surface area (Å²) >= 11 is 0. The molecule has 0 fully saturated rings. The number of hydrogen-bond acceptors (Lipinski definition) is 4. The molecular weight excluding hydrogens is 500 g/mol. The second-order valence-electron chi connectivity index (χ2n) is 8.22. The van der Waals surface area contributed by atoms with Crippen LogP contribution in [-0.2, 0) is 19.8 Å². The number of aromatic nitrogens is 3. The number of nitrogens with one attached hydrogen (secondary N) is 1. The predicted octanol–water partition coefficient (Wildman–Crippen LogP) is 6.00. The molecular formula is C28H22F4N4O2. The first-order valence-electron chi connectivity index (χ1n) is 11.3. The number of carbonyl (C=O) groups is 1. The molecule has 6 nitrogen and oxygen atoms in total. The van der Waals surface area contributed by atoms with Gasteiger partial charge in [0.05, 0.1) is 29.1 Å². The Hall–Kier alpha value is -4.57. The van der Waals surface area contributed by atoms with Gasteiger partial charge in [-0.2, -0.15) is 13.2 Å². The van der Waals surface area contributed by atoms with Crippen LogP contribution in [0.2, 0.25) is 0 Å². The SMILES string of the molecule is C=C/C=C(/c1ccc(C(F)(F)F)c(C(=O)Nc2ccc(F)cc2)c1)c1nc(CO)c(-c2cccnc2)n1C.